The highest BCUT2D eigenvalue weighted by Crippen LogP contribution is 2.20. The first kappa shape index (κ1) is 8.88. The van der Waals surface area contributed by atoms with Gasteiger partial charge in [-0.3, -0.25) is 0 Å². The fourth-order valence-corrected chi connectivity index (χ4v) is 0.834. The lowest BCUT2D eigenvalue weighted by molar-refractivity contribution is 0.419. The lowest BCUT2D eigenvalue weighted by Crippen LogP contribution is -2.24. The summed E-state index contributed by atoms with van der Waals surface area (Å²) in [5, 5.41) is 12.9. The van der Waals surface area contributed by atoms with Crippen LogP contribution >= 0.6 is 11.6 Å². The Labute approximate surface area is 75.5 Å². The molecular weight excluding hydrogens is 176 g/mol. The Morgan fingerprint density at radius 3 is 2.67 bits per heavy atom. The fourth-order valence-electron chi connectivity index (χ4n) is 0.704. The summed E-state index contributed by atoms with van der Waals surface area (Å²) in [6, 6.07) is 2.08. The number of nitrogen functional groups attached to an aromatic ring is 1. The number of hydrogen-bond acceptors (Lipinski definition) is 3. The largest absolute Gasteiger partial charge is 0.395 e. The van der Waals surface area contributed by atoms with Crippen molar-refractivity contribution in [1.29, 1.82) is 5.26 Å². The molecule has 64 valence electrons. The molecule has 0 aliphatic heterocycles. The predicted octanol–water partition coefficient (Wildman–Crippen LogP) is 1.38. The van der Waals surface area contributed by atoms with Crippen LogP contribution in [0.3, 0.4) is 0 Å². The maximum Gasteiger partial charge on any atom is 0.174 e. The lowest BCUT2D eigenvalue weighted by Gasteiger charge is -2.14. The molecule has 0 bridgehead atoms. The second-order valence-electron chi connectivity index (χ2n) is 2.99. The van der Waals surface area contributed by atoms with Gasteiger partial charge in [-0.25, -0.2) is 4.68 Å². The van der Waals surface area contributed by atoms with E-state index in [-0.39, 0.29) is 5.15 Å². The van der Waals surface area contributed by atoms with Crippen LogP contribution in [0, 0.1) is 11.3 Å². The molecule has 0 saturated heterocycles. The van der Waals surface area contributed by atoms with Crippen molar-refractivity contribution in [2.24, 2.45) is 0 Å². The first-order valence-corrected chi connectivity index (χ1v) is 3.77. The molecule has 0 fully saturated rings. The van der Waals surface area contributed by atoms with Crippen molar-refractivity contribution in [2.75, 3.05) is 5.73 Å². The zero-order chi connectivity index (χ0) is 9.35. The van der Waals surface area contributed by atoms with Crippen molar-refractivity contribution in [3.05, 3.63) is 11.3 Å². The Kier molecular flexibility index (Phi) is 1.99. The summed E-state index contributed by atoms with van der Waals surface area (Å²) in [5.41, 5.74) is 5.15. The van der Waals surface area contributed by atoms with E-state index in [9.17, 15) is 0 Å². The van der Waals surface area contributed by atoms with E-state index in [0.717, 1.165) is 0 Å². The fraction of sp³-hybridized carbons (Fsp3) is 0.429. The van der Waals surface area contributed by atoms with E-state index in [4.69, 9.17) is 22.6 Å². The average Bonchev–Trinajstić information content (AvgIpc) is 2.33. The monoisotopic (exact) mass is 184 g/mol. The van der Waals surface area contributed by atoms with E-state index in [0.29, 0.717) is 5.69 Å². The van der Waals surface area contributed by atoms with E-state index in [2.05, 4.69) is 11.2 Å². The third-order valence-electron chi connectivity index (χ3n) is 1.54. The normalized spacial score (nSPS) is 11.2. The highest BCUT2D eigenvalue weighted by atomic mass is 35.5. The first-order valence-electron chi connectivity index (χ1n) is 3.40. The quantitative estimate of drug-likeness (QED) is 0.717. The van der Waals surface area contributed by atoms with Crippen molar-refractivity contribution in [3.63, 3.8) is 0 Å². The van der Waals surface area contributed by atoms with Crippen molar-refractivity contribution in [2.45, 2.75) is 19.4 Å². The highest BCUT2D eigenvalue weighted by Gasteiger charge is 2.21. The maximum atomic E-state index is 8.75. The van der Waals surface area contributed by atoms with Gasteiger partial charge < -0.3 is 5.73 Å². The minimum Gasteiger partial charge on any atom is -0.395 e. The molecule has 0 aromatic carbocycles. The number of aromatic nitrogens is 2. The second-order valence-corrected chi connectivity index (χ2v) is 3.35. The van der Waals surface area contributed by atoms with Gasteiger partial charge in [0.1, 0.15) is 5.54 Å². The molecule has 0 aliphatic carbocycles. The average molecular weight is 185 g/mol. The van der Waals surface area contributed by atoms with Crippen LogP contribution in [-0.2, 0) is 5.54 Å². The van der Waals surface area contributed by atoms with Gasteiger partial charge in [-0.2, -0.15) is 10.4 Å². The Bertz CT molecular complexity index is 314. The van der Waals surface area contributed by atoms with E-state index >= 15 is 0 Å². The number of hydrogen-bond donors (Lipinski definition) is 1. The number of anilines is 1. The summed E-state index contributed by atoms with van der Waals surface area (Å²) in [4.78, 5) is 0. The molecule has 5 heteroatoms. The molecule has 12 heavy (non-hydrogen) atoms. The van der Waals surface area contributed by atoms with Crippen LogP contribution in [0.5, 0.6) is 0 Å². The highest BCUT2D eigenvalue weighted by molar-refractivity contribution is 6.31. The van der Waals surface area contributed by atoms with Gasteiger partial charge in [0.25, 0.3) is 0 Å². The zero-order valence-electron chi connectivity index (χ0n) is 6.87. The molecule has 0 unspecified atom stereocenters. The van der Waals surface area contributed by atoms with Crippen LogP contribution in [-0.4, -0.2) is 9.78 Å². The molecule has 0 atom stereocenters. The summed E-state index contributed by atoms with van der Waals surface area (Å²) in [6.45, 7) is 3.46. The lowest BCUT2D eigenvalue weighted by atomic mass is 10.1. The minimum atomic E-state index is -0.707. The molecule has 1 aromatic heterocycles. The third kappa shape index (κ3) is 1.36. The molecule has 4 nitrogen and oxygen atoms in total. The number of nitrogens with zero attached hydrogens (tertiary/aromatic N) is 3. The summed E-state index contributed by atoms with van der Waals surface area (Å²) in [5.74, 6) is 0. The van der Waals surface area contributed by atoms with Crippen molar-refractivity contribution in [1.82, 2.24) is 9.78 Å². The van der Waals surface area contributed by atoms with Crippen molar-refractivity contribution >= 4 is 17.3 Å². The SMILES string of the molecule is CC(C)(C#N)n1cc(N)c(Cl)n1. The van der Waals surface area contributed by atoms with E-state index in [1.54, 1.807) is 20.0 Å². The van der Waals surface area contributed by atoms with Crippen LogP contribution in [0.25, 0.3) is 0 Å². The molecular formula is C7H9ClN4. The third-order valence-corrected chi connectivity index (χ3v) is 1.84. The van der Waals surface area contributed by atoms with Crippen molar-refractivity contribution < 1.29 is 0 Å². The second kappa shape index (κ2) is 2.68. The topological polar surface area (TPSA) is 67.6 Å². The van der Waals surface area contributed by atoms with Gasteiger partial charge in [0.2, 0.25) is 0 Å². The number of nitrogens with two attached hydrogens (primary N) is 1. The standard InChI is InChI=1S/C7H9ClN4/c1-7(2,4-9)12-3-5(10)6(8)11-12/h3H,10H2,1-2H3. The van der Waals surface area contributed by atoms with Gasteiger partial charge in [-0.05, 0) is 13.8 Å². The molecule has 1 rings (SSSR count). The van der Waals surface area contributed by atoms with E-state index in [1.807, 2.05) is 0 Å². The summed E-state index contributed by atoms with van der Waals surface area (Å²) in [7, 11) is 0. The summed E-state index contributed by atoms with van der Waals surface area (Å²) >= 11 is 5.63. The molecule has 0 saturated carbocycles. The van der Waals surface area contributed by atoms with Crippen LogP contribution < -0.4 is 5.73 Å². The Morgan fingerprint density at radius 1 is 1.75 bits per heavy atom. The molecule has 1 heterocycles. The number of halogens is 1. The molecule has 0 spiro atoms. The van der Waals surface area contributed by atoms with Gasteiger partial charge >= 0.3 is 0 Å². The summed E-state index contributed by atoms with van der Waals surface area (Å²) in [6.07, 6.45) is 1.55. The number of nitriles is 1. The minimum absolute atomic E-state index is 0.235. The molecule has 0 radical (unpaired) electrons. The molecule has 1 aromatic rings. The van der Waals surface area contributed by atoms with Crippen LogP contribution in [0.15, 0.2) is 6.20 Å². The van der Waals surface area contributed by atoms with Crippen LogP contribution in [0.4, 0.5) is 5.69 Å². The Hall–Kier alpha value is -1.21. The van der Waals surface area contributed by atoms with Gasteiger partial charge in [0.15, 0.2) is 5.15 Å². The molecule has 0 amide bonds. The predicted molar refractivity (Wildman–Crippen MR) is 46.6 cm³/mol. The molecule has 0 aliphatic rings. The Morgan fingerprint density at radius 2 is 2.33 bits per heavy atom. The Balaban J connectivity index is 3.14. The number of rotatable bonds is 1. The molecule has 2 N–H and O–H groups in total. The van der Waals surface area contributed by atoms with Gasteiger partial charge in [0, 0.05) is 0 Å². The maximum absolute atomic E-state index is 8.75. The smallest absolute Gasteiger partial charge is 0.174 e. The van der Waals surface area contributed by atoms with Gasteiger partial charge in [0.05, 0.1) is 18.0 Å². The first-order chi connectivity index (χ1) is 5.47. The van der Waals surface area contributed by atoms with Gasteiger partial charge in [-0.1, -0.05) is 11.6 Å². The van der Waals surface area contributed by atoms with Crippen molar-refractivity contribution in [3.8, 4) is 6.07 Å². The summed E-state index contributed by atoms with van der Waals surface area (Å²) < 4.78 is 1.45. The van der Waals surface area contributed by atoms with Crippen LogP contribution in [0.2, 0.25) is 5.15 Å². The van der Waals surface area contributed by atoms with Crippen LogP contribution in [0.1, 0.15) is 13.8 Å². The zero-order valence-corrected chi connectivity index (χ0v) is 7.63. The van der Waals surface area contributed by atoms with E-state index < -0.39 is 5.54 Å². The van der Waals surface area contributed by atoms with Gasteiger partial charge in [-0.15, -0.1) is 0 Å². The van der Waals surface area contributed by atoms with E-state index in [1.165, 1.54) is 4.68 Å².